The molecule has 0 spiro atoms. The summed E-state index contributed by atoms with van der Waals surface area (Å²) < 4.78 is 16.3. The second-order valence-electron chi connectivity index (χ2n) is 7.14. The summed E-state index contributed by atoms with van der Waals surface area (Å²) in [5, 5.41) is 9.70. The third-order valence-corrected chi connectivity index (χ3v) is 4.72. The van der Waals surface area contributed by atoms with Crippen LogP contribution >= 0.6 is 0 Å². The average molecular weight is 388 g/mol. The van der Waals surface area contributed by atoms with Crippen LogP contribution in [-0.4, -0.2) is 19.6 Å². The van der Waals surface area contributed by atoms with Crippen molar-refractivity contribution in [1.82, 2.24) is 19.6 Å². The molecule has 4 aromatic rings. The maximum Gasteiger partial charge on any atom is 0.293 e. The molecule has 4 rings (SSSR count). The Morgan fingerprint density at radius 1 is 1.07 bits per heavy atom. The summed E-state index contributed by atoms with van der Waals surface area (Å²) in [4.78, 5) is 13.2. The Labute approximate surface area is 167 Å². The van der Waals surface area contributed by atoms with E-state index in [1.807, 2.05) is 56.3 Å². The molecule has 2 aromatic carbocycles. The molecule has 0 unspecified atom stereocenters. The van der Waals surface area contributed by atoms with E-state index in [0.717, 1.165) is 16.6 Å². The number of aromatic nitrogens is 4. The maximum atomic E-state index is 13.3. The highest BCUT2D eigenvalue weighted by atomic mass is 19.1. The fourth-order valence-electron chi connectivity index (χ4n) is 3.27. The SMILES string of the molecule is CC(C)c1nn(C/C=C/c2ccccc2)c(=O)c2c1cnn2-c1ccc(F)cc1. The van der Waals surface area contributed by atoms with Gasteiger partial charge in [0.25, 0.3) is 5.56 Å². The largest absolute Gasteiger partial charge is 0.293 e. The third kappa shape index (κ3) is 3.74. The zero-order valence-corrected chi connectivity index (χ0v) is 16.3. The van der Waals surface area contributed by atoms with Crippen molar-refractivity contribution in [3.8, 4) is 5.69 Å². The number of benzene rings is 2. The molecule has 0 aliphatic carbocycles. The summed E-state index contributed by atoms with van der Waals surface area (Å²) in [6, 6.07) is 15.8. The number of nitrogens with zero attached hydrogens (tertiary/aromatic N) is 4. The van der Waals surface area contributed by atoms with Crippen molar-refractivity contribution in [3.63, 3.8) is 0 Å². The molecule has 0 aliphatic rings. The predicted molar refractivity (Wildman–Crippen MR) is 113 cm³/mol. The number of fused-ring (bicyclic) bond motifs is 1. The topological polar surface area (TPSA) is 52.7 Å². The van der Waals surface area contributed by atoms with E-state index in [-0.39, 0.29) is 17.3 Å². The molecule has 0 saturated heterocycles. The van der Waals surface area contributed by atoms with Crippen LogP contribution in [0.1, 0.15) is 31.0 Å². The molecule has 0 saturated carbocycles. The highest BCUT2D eigenvalue weighted by Crippen LogP contribution is 2.23. The first-order valence-electron chi connectivity index (χ1n) is 9.51. The third-order valence-electron chi connectivity index (χ3n) is 4.72. The summed E-state index contributed by atoms with van der Waals surface area (Å²) in [5.41, 5.74) is 2.71. The molecule has 6 heteroatoms. The predicted octanol–water partition coefficient (Wildman–Crippen LogP) is 4.56. The van der Waals surface area contributed by atoms with Gasteiger partial charge in [-0.1, -0.05) is 56.3 Å². The van der Waals surface area contributed by atoms with Crippen LogP contribution in [0.4, 0.5) is 4.39 Å². The minimum Gasteiger partial charge on any atom is -0.265 e. The monoisotopic (exact) mass is 388 g/mol. The highest BCUT2D eigenvalue weighted by molar-refractivity contribution is 5.82. The van der Waals surface area contributed by atoms with Gasteiger partial charge < -0.3 is 0 Å². The molecule has 5 nitrogen and oxygen atoms in total. The van der Waals surface area contributed by atoms with E-state index in [1.54, 1.807) is 23.0 Å². The van der Waals surface area contributed by atoms with Gasteiger partial charge in [-0.25, -0.2) is 13.8 Å². The number of halogens is 1. The van der Waals surface area contributed by atoms with Crippen LogP contribution < -0.4 is 5.56 Å². The van der Waals surface area contributed by atoms with Gasteiger partial charge in [-0.2, -0.15) is 10.2 Å². The second-order valence-corrected chi connectivity index (χ2v) is 7.14. The van der Waals surface area contributed by atoms with Gasteiger partial charge in [0, 0.05) is 5.39 Å². The number of hydrogen-bond donors (Lipinski definition) is 0. The van der Waals surface area contributed by atoms with Crippen LogP contribution in [0.15, 0.2) is 71.7 Å². The smallest absolute Gasteiger partial charge is 0.265 e. The molecule has 0 fully saturated rings. The zero-order chi connectivity index (χ0) is 20.4. The molecule has 0 radical (unpaired) electrons. The van der Waals surface area contributed by atoms with E-state index in [2.05, 4.69) is 10.2 Å². The van der Waals surface area contributed by atoms with Gasteiger partial charge in [0.15, 0.2) is 0 Å². The number of allylic oxidation sites excluding steroid dienone is 1. The molecule has 2 heterocycles. The molecule has 0 atom stereocenters. The molecule has 0 N–H and O–H groups in total. The van der Waals surface area contributed by atoms with E-state index >= 15 is 0 Å². The summed E-state index contributed by atoms with van der Waals surface area (Å²) in [6.07, 6.45) is 5.54. The normalized spacial score (nSPS) is 11.7. The van der Waals surface area contributed by atoms with Crippen molar-refractivity contribution in [2.24, 2.45) is 0 Å². The van der Waals surface area contributed by atoms with Crippen LogP contribution in [0.25, 0.3) is 22.7 Å². The Hall–Kier alpha value is -3.54. The van der Waals surface area contributed by atoms with Gasteiger partial charge in [-0.15, -0.1) is 0 Å². The van der Waals surface area contributed by atoms with Crippen LogP contribution in [-0.2, 0) is 6.54 Å². The molecule has 146 valence electrons. The Balaban J connectivity index is 1.81. The van der Waals surface area contributed by atoms with Crippen molar-refractivity contribution in [1.29, 1.82) is 0 Å². The molecule has 0 aliphatic heterocycles. The van der Waals surface area contributed by atoms with Gasteiger partial charge in [-0.3, -0.25) is 4.79 Å². The average Bonchev–Trinajstić information content (AvgIpc) is 3.16. The van der Waals surface area contributed by atoms with E-state index in [0.29, 0.717) is 17.7 Å². The highest BCUT2D eigenvalue weighted by Gasteiger charge is 2.18. The second kappa shape index (κ2) is 7.83. The van der Waals surface area contributed by atoms with Crippen molar-refractivity contribution in [3.05, 3.63) is 94.3 Å². The van der Waals surface area contributed by atoms with Crippen LogP contribution in [0.5, 0.6) is 0 Å². The number of hydrogen-bond acceptors (Lipinski definition) is 3. The van der Waals surface area contributed by atoms with Gasteiger partial charge in [0.05, 0.1) is 24.1 Å². The lowest BCUT2D eigenvalue weighted by molar-refractivity contribution is 0.622. The minimum absolute atomic E-state index is 0.119. The maximum absolute atomic E-state index is 13.3. The minimum atomic E-state index is -0.335. The fraction of sp³-hybridized carbons (Fsp3) is 0.174. The lowest BCUT2D eigenvalue weighted by Gasteiger charge is -2.11. The van der Waals surface area contributed by atoms with Crippen molar-refractivity contribution in [2.45, 2.75) is 26.3 Å². The summed E-state index contributed by atoms with van der Waals surface area (Å²) >= 11 is 0. The molecule has 0 bridgehead atoms. The standard InChI is InChI=1S/C23H21FN4O/c1-16(2)21-20-15-25-28(19-12-10-18(24)11-13-19)22(20)23(29)27(26-21)14-6-9-17-7-4-3-5-8-17/h3-13,15-16H,14H2,1-2H3/b9-6+. The van der Waals surface area contributed by atoms with Gasteiger partial charge in [-0.05, 0) is 35.7 Å². The van der Waals surface area contributed by atoms with Crippen molar-refractivity contribution in [2.75, 3.05) is 0 Å². The molecule has 0 amide bonds. The Morgan fingerprint density at radius 3 is 2.48 bits per heavy atom. The summed E-state index contributed by atoms with van der Waals surface area (Å²) in [5.74, 6) is -0.216. The molecule has 29 heavy (non-hydrogen) atoms. The van der Waals surface area contributed by atoms with E-state index < -0.39 is 0 Å². The molecular formula is C23H21FN4O. The van der Waals surface area contributed by atoms with Gasteiger partial charge in [0.1, 0.15) is 11.3 Å². The first-order chi connectivity index (χ1) is 14.0. The van der Waals surface area contributed by atoms with Crippen molar-refractivity contribution < 1.29 is 4.39 Å². The van der Waals surface area contributed by atoms with E-state index in [4.69, 9.17) is 0 Å². The van der Waals surface area contributed by atoms with E-state index in [9.17, 15) is 9.18 Å². The molecular weight excluding hydrogens is 367 g/mol. The first-order valence-corrected chi connectivity index (χ1v) is 9.51. The van der Waals surface area contributed by atoms with Crippen LogP contribution in [0.2, 0.25) is 0 Å². The van der Waals surface area contributed by atoms with E-state index in [1.165, 1.54) is 16.8 Å². The molecule has 2 aromatic heterocycles. The summed E-state index contributed by atoms with van der Waals surface area (Å²) in [7, 11) is 0. The Kier molecular flexibility index (Phi) is 5.08. The summed E-state index contributed by atoms with van der Waals surface area (Å²) in [6.45, 7) is 4.41. The lowest BCUT2D eigenvalue weighted by Crippen LogP contribution is -2.26. The van der Waals surface area contributed by atoms with Crippen LogP contribution in [0, 0.1) is 5.82 Å². The fourth-order valence-corrected chi connectivity index (χ4v) is 3.27. The first kappa shape index (κ1) is 18.8. The Bertz CT molecular complexity index is 1220. The Morgan fingerprint density at radius 2 is 1.79 bits per heavy atom. The van der Waals surface area contributed by atoms with Gasteiger partial charge >= 0.3 is 0 Å². The van der Waals surface area contributed by atoms with Crippen LogP contribution in [0.3, 0.4) is 0 Å². The van der Waals surface area contributed by atoms with Crippen molar-refractivity contribution >= 4 is 17.0 Å². The number of rotatable bonds is 5. The quantitative estimate of drug-likeness (QED) is 0.504. The van der Waals surface area contributed by atoms with Gasteiger partial charge in [0.2, 0.25) is 0 Å². The lowest BCUT2D eigenvalue weighted by atomic mass is 10.1. The zero-order valence-electron chi connectivity index (χ0n) is 16.3.